The van der Waals surface area contributed by atoms with Crippen LogP contribution in [0.5, 0.6) is 11.5 Å². The lowest BCUT2D eigenvalue weighted by Gasteiger charge is -2.29. The fourth-order valence-electron chi connectivity index (χ4n) is 5.31. The molecule has 0 radical (unpaired) electrons. The molecule has 0 saturated heterocycles. The maximum atomic E-state index is 11.6. The third-order valence-corrected chi connectivity index (χ3v) is 7.68. The number of aliphatic carboxylic acids is 1. The second-order valence-corrected chi connectivity index (χ2v) is 12.7. The summed E-state index contributed by atoms with van der Waals surface area (Å²) in [6.07, 6.45) is 0.320. The molecular formula is C38H46N2O4. The van der Waals surface area contributed by atoms with Gasteiger partial charge < -0.3 is 20.3 Å². The van der Waals surface area contributed by atoms with Crippen LogP contribution in [0.25, 0.3) is 0 Å². The van der Waals surface area contributed by atoms with Crippen molar-refractivity contribution in [3.05, 3.63) is 130 Å². The van der Waals surface area contributed by atoms with Crippen LogP contribution in [0.2, 0.25) is 0 Å². The molecule has 1 atom stereocenters. The number of carboxylic acids is 1. The minimum Gasteiger partial charge on any atom is -0.489 e. The zero-order chi connectivity index (χ0) is 31.7. The first-order valence-electron chi connectivity index (χ1n) is 15.3. The van der Waals surface area contributed by atoms with Crippen molar-refractivity contribution in [2.75, 3.05) is 6.54 Å². The van der Waals surface area contributed by atoms with Crippen LogP contribution in [0.4, 0.5) is 0 Å². The fourth-order valence-corrected chi connectivity index (χ4v) is 5.31. The monoisotopic (exact) mass is 594 g/mol. The summed E-state index contributed by atoms with van der Waals surface area (Å²) >= 11 is 0. The number of para-hydroxylation sites is 2. The molecule has 0 aliphatic heterocycles. The number of rotatable bonds is 14. The van der Waals surface area contributed by atoms with Crippen LogP contribution in [0, 0.1) is 13.8 Å². The van der Waals surface area contributed by atoms with Crippen molar-refractivity contribution in [1.82, 2.24) is 4.90 Å². The Balaban J connectivity index is 1.62. The van der Waals surface area contributed by atoms with Gasteiger partial charge in [0.25, 0.3) is 0 Å². The van der Waals surface area contributed by atoms with Gasteiger partial charge in [-0.05, 0) is 48.4 Å². The molecule has 0 aliphatic carbocycles. The van der Waals surface area contributed by atoms with E-state index in [1.54, 1.807) is 0 Å². The summed E-state index contributed by atoms with van der Waals surface area (Å²) in [6.45, 7) is 13.3. The van der Waals surface area contributed by atoms with Gasteiger partial charge in [-0.15, -0.1) is 0 Å². The fraction of sp³-hybridized carbons (Fsp3) is 0.342. The second kappa shape index (κ2) is 15.0. The first kappa shape index (κ1) is 32.8. The quantitative estimate of drug-likeness (QED) is 0.157. The Kier molecular flexibility index (Phi) is 11.2. The standard InChI is InChI=1S/C38H46N2O4/c1-27-11-8-13-29(21-27)25-43-35-18-7-6-15-31(35)23-40(20-19-34(39)37(41)42)24-32-16-10-17-33(38(3,4)5)36(32)44-26-30-14-9-12-28(2)22-30/h6-18,21-22,34H,19-20,23-26,39H2,1-5H3,(H,41,42)/t34-/m0/s1. The van der Waals surface area contributed by atoms with Crippen LogP contribution < -0.4 is 15.2 Å². The number of hydrogen-bond acceptors (Lipinski definition) is 5. The molecule has 0 heterocycles. The topological polar surface area (TPSA) is 85.0 Å². The molecule has 0 amide bonds. The third-order valence-electron chi connectivity index (χ3n) is 7.68. The van der Waals surface area contributed by atoms with E-state index in [1.807, 2.05) is 24.3 Å². The lowest BCUT2D eigenvalue weighted by atomic mass is 9.85. The van der Waals surface area contributed by atoms with E-state index in [9.17, 15) is 9.90 Å². The Bertz CT molecular complexity index is 1540. The Morgan fingerprint density at radius 2 is 1.36 bits per heavy atom. The number of benzene rings is 4. The van der Waals surface area contributed by atoms with Crippen LogP contribution in [0.1, 0.15) is 66.1 Å². The van der Waals surface area contributed by atoms with E-state index in [-0.39, 0.29) is 5.41 Å². The molecule has 0 unspecified atom stereocenters. The van der Waals surface area contributed by atoms with Crippen molar-refractivity contribution >= 4 is 5.97 Å². The Hall–Kier alpha value is -4.13. The molecule has 4 aromatic carbocycles. The van der Waals surface area contributed by atoms with Gasteiger partial charge in [0.05, 0.1) is 0 Å². The van der Waals surface area contributed by atoms with E-state index in [0.717, 1.165) is 39.3 Å². The molecule has 0 fully saturated rings. The SMILES string of the molecule is Cc1cccc(COc2ccccc2CN(CC[C@H](N)C(=O)O)Cc2cccc(C(C)(C)C)c2OCc2cccc(C)c2)c1. The van der Waals surface area contributed by atoms with Crippen LogP contribution in [0.15, 0.2) is 91.0 Å². The van der Waals surface area contributed by atoms with Gasteiger partial charge in [0, 0.05) is 30.8 Å². The molecule has 3 N–H and O–H groups in total. The summed E-state index contributed by atoms with van der Waals surface area (Å²) in [5.41, 5.74) is 13.6. The maximum absolute atomic E-state index is 11.6. The van der Waals surface area contributed by atoms with Gasteiger partial charge in [0.1, 0.15) is 30.8 Å². The van der Waals surface area contributed by atoms with Crippen molar-refractivity contribution in [3.8, 4) is 11.5 Å². The Labute approximate surface area is 262 Å². The van der Waals surface area contributed by atoms with Crippen LogP contribution >= 0.6 is 0 Å². The van der Waals surface area contributed by atoms with Crippen molar-refractivity contribution in [3.63, 3.8) is 0 Å². The summed E-state index contributed by atoms with van der Waals surface area (Å²) in [5.74, 6) is 0.683. The molecule has 6 heteroatoms. The molecule has 6 nitrogen and oxygen atoms in total. The summed E-state index contributed by atoms with van der Waals surface area (Å²) < 4.78 is 12.9. The highest BCUT2D eigenvalue weighted by molar-refractivity contribution is 5.73. The zero-order valence-corrected chi connectivity index (χ0v) is 26.7. The Morgan fingerprint density at radius 1 is 0.795 bits per heavy atom. The summed E-state index contributed by atoms with van der Waals surface area (Å²) in [4.78, 5) is 13.8. The van der Waals surface area contributed by atoms with Crippen LogP contribution in [-0.2, 0) is 36.5 Å². The third kappa shape index (κ3) is 9.43. The molecule has 0 saturated carbocycles. The predicted molar refractivity (Wildman–Crippen MR) is 177 cm³/mol. The van der Waals surface area contributed by atoms with Crippen molar-refractivity contribution in [1.29, 1.82) is 0 Å². The first-order valence-corrected chi connectivity index (χ1v) is 15.3. The minimum absolute atomic E-state index is 0.134. The van der Waals surface area contributed by atoms with E-state index in [4.69, 9.17) is 15.2 Å². The highest BCUT2D eigenvalue weighted by atomic mass is 16.5. The predicted octanol–water partition coefficient (Wildman–Crippen LogP) is 7.56. The molecule has 0 spiro atoms. The number of hydrogen-bond donors (Lipinski definition) is 2. The van der Waals surface area contributed by atoms with E-state index in [2.05, 4.69) is 106 Å². The number of carboxylic acid groups (broad SMARTS) is 1. The first-order chi connectivity index (χ1) is 21.0. The smallest absolute Gasteiger partial charge is 0.320 e. The lowest BCUT2D eigenvalue weighted by molar-refractivity contribution is -0.138. The average molecular weight is 595 g/mol. The molecule has 0 aliphatic rings. The molecular weight excluding hydrogens is 548 g/mol. The molecule has 0 bridgehead atoms. The Morgan fingerprint density at radius 3 is 1.98 bits per heavy atom. The lowest BCUT2D eigenvalue weighted by Crippen LogP contribution is -2.35. The van der Waals surface area contributed by atoms with Crippen molar-refractivity contribution in [2.45, 2.75) is 78.8 Å². The highest BCUT2D eigenvalue weighted by Gasteiger charge is 2.24. The van der Waals surface area contributed by atoms with Crippen molar-refractivity contribution in [2.24, 2.45) is 5.73 Å². The normalized spacial score (nSPS) is 12.2. The number of aryl methyl sites for hydroxylation is 2. The zero-order valence-electron chi connectivity index (χ0n) is 26.7. The summed E-state index contributed by atoms with van der Waals surface area (Å²) in [6, 6.07) is 30.1. The number of nitrogens with two attached hydrogens (primary N) is 1. The van der Waals surface area contributed by atoms with E-state index < -0.39 is 12.0 Å². The second-order valence-electron chi connectivity index (χ2n) is 12.7. The highest BCUT2D eigenvalue weighted by Crippen LogP contribution is 2.36. The van der Waals surface area contributed by atoms with Gasteiger partial charge in [-0.3, -0.25) is 9.69 Å². The van der Waals surface area contributed by atoms with Crippen LogP contribution in [-0.4, -0.2) is 28.6 Å². The van der Waals surface area contributed by atoms with E-state index >= 15 is 0 Å². The molecule has 4 aromatic rings. The van der Waals surface area contributed by atoms with Gasteiger partial charge in [-0.25, -0.2) is 0 Å². The molecule has 0 aromatic heterocycles. The van der Waals surface area contributed by atoms with E-state index in [1.165, 1.54) is 11.1 Å². The summed E-state index contributed by atoms with van der Waals surface area (Å²) in [7, 11) is 0. The van der Waals surface area contributed by atoms with Gasteiger partial charge in [-0.2, -0.15) is 0 Å². The number of carbonyl (C=O) groups is 1. The summed E-state index contributed by atoms with van der Waals surface area (Å²) in [5, 5.41) is 9.50. The van der Waals surface area contributed by atoms with Crippen LogP contribution in [0.3, 0.4) is 0 Å². The molecule has 232 valence electrons. The molecule has 44 heavy (non-hydrogen) atoms. The van der Waals surface area contributed by atoms with E-state index in [0.29, 0.717) is 39.3 Å². The largest absolute Gasteiger partial charge is 0.489 e. The van der Waals surface area contributed by atoms with Gasteiger partial charge in [0.2, 0.25) is 0 Å². The van der Waals surface area contributed by atoms with Gasteiger partial charge in [-0.1, -0.05) is 117 Å². The number of ether oxygens (including phenoxy) is 2. The van der Waals surface area contributed by atoms with Gasteiger partial charge >= 0.3 is 5.97 Å². The minimum atomic E-state index is -0.997. The number of nitrogens with zero attached hydrogens (tertiary/aromatic N) is 1. The average Bonchev–Trinajstić information content (AvgIpc) is 2.98. The van der Waals surface area contributed by atoms with Gasteiger partial charge in [0.15, 0.2) is 0 Å². The maximum Gasteiger partial charge on any atom is 0.320 e. The molecule has 4 rings (SSSR count). The van der Waals surface area contributed by atoms with Crippen molar-refractivity contribution < 1.29 is 19.4 Å².